The number of carbonyl (C=O) groups is 2. The van der Waals surface area contributed by atoms with Crippen LogP contribution in [0.5, 0.6) is 11.5 Å². The number of hydrogen-bond acceptors (Lipinski definition) is 7. The van der Waals surface area contributed by atoms with Gasteiger partial charge in [-0.1, -0.05) is 36.8 Å². The number of nitrogens with one attached hydrogen (secondary N) is 2. The summed E-state index contributed by atoms with van der Waals surface area (Å²) in [7, 11) is 1.56. The van der Waals surface area contributed by atoms with Crippen molar-refractivity contribution in [3.05, 3.63) is 77.9 Å². The number of methoxy groups -OCH3 is 1. The first-order chi connectivity index (χ1) is 16.4. The highest BCUT2D eigenvalue weighted by Gasteiger charge is 2.25. The Kier molecular flexibility index (Phi) is 10.6. The number of hydrogen-bond donors (Lipinski definition) is 4. The molecule has 2 aromatic carbocycles. The maximum atomic E-state index is 12.7. The van der Waals surface area contributed by atoms with E-state index in [1.807, 2.05) is 13.8 Å². The fourth-order valence-electron chi connectivity index (χ4n) is 3.03. The van der Waals surface area contributed by atoms with Gasteiger partial charge in [0.25, 0.3) is 5.91 Å². The van der Waals surface area contributed by atoms with E-state index < -0.39 is 18.1 Å². The number of ether oxygens (including phenoxy) is 3. The lowest BCUT2D eigenvalue weighted by Gasteiger charge is -2.25. The van der Waals surface area contributed by atoms with Gasteiger partial charge in [-0.3, -0.25) is 15.3 Å². The summed E-state index contributed by atoms with van der Waals surface area (Å²) in [6.45, 7) is 3.83. The minimum atomic E-state index is -0.651. The van der Waals surface area contributed by atoms with Gasteiger partial charge in [-0.25, -0.2) is 10.3 Å². The molecule has 2 amide bonds. The first-order valence-electron chi connectivity index (χ1n) is 10.6. The van der Waals surface area contributed by atoms with E-state index in [1.165, 1.54) is 17.6 Å². The Balaban J connectivity index is 2.22. The van der Waals surface area contributed by atoms with Crippen molar-refractivity contribution in [3.63, 3.8) is 0 Å². The molecule has 0 aliphatic carbocycles. The molecule has 182 valence electrons. The van der Waals surface area contributed by atoms with Crippen LogP contribution in [0.4, 0.5) is 10.5 Å². The van der Waals surface area contributed by atoms with E-state index in [9.17, 15) is 9.59 Å². The summed E-state index contributed by atoms with van der Waals surface area (Å²) in [6, 6.07) is 13.9. The molecule has 9 nitrogen and oxygen atoms in total. The normalized spacial score (nSPS) is 13.1. The molecule has 9 heteroatoms. The smallest absolute Gasteiger partial charge is 0.412 e. The number of hydroxylamine groups is 1. The van der Waals surface area contributed by atoms with E-state index >= 15 is 0 Å². The van der Waals surface area contributed by atoms with Crippen molar-refractivity contribution < 1.29 is 34.1 Å². The summed E-state index contributed by atoms with van der Waals surface area (Å²) in [5.41, 5.74) is 3.65. The molecule has 0 aromatic heterocycles. The van der Waals surface area contributed by atoms with Gasteiger partial charge in [0.05, 0.1) is 13.7 Å². The summed E-state index contributed by atoms with van der Waals surface area (Å²) in [4.78, 5) is 23.9. The van der Waals surface area contributed by atoms with Gasteiger partial charge < -0.3 is 19.3 Å². The predicted octanol–water partition coefficient (Wildman–Crippen LogP) is 4.00. The van der Waals surface area contributed by atoms with Gasteiger partial charge in [-0.2, -0.15) is 0 Å². The molecule has 34 heavy (non-hydrogen) atoms. The second-order valence-corrected chi connectivity index (χ2v) is 7.36. The number of aliphatic hydroxyl groups is 1. The monoisotopic (exact) mass is 470 g/mol. The number of aliphatic hydroxyl groups excluding tert-OH is 1. The topological polar surface area (TPSA) is 126 Å². The van der Waals surface area contributed by atoms with Crippen molar-refractivity contribution in [3.8, 4) is 11.5 Å². The van der Waals surface area contributed by atoms with Gasteiger partial charge in [0.1, 0.15) is 24.2 Å². The molecular weight excluding hydrogens is 440 g/mol. The minimum absolute atomic E-state index is 0.0954. The van der Waals surface area contributed by atoms with E-state index in [1.54, 1.807) is 61.7 Å². The Morgan fingerprint density at radius 3 is 2.29 bits per heavy atom. The quantitative estimate of drug-likeness (QED) is 0.169. The highest BCUT2D eigenvalue weighted by Crippen LogP contribution is 2.32. The standard InChI is InChI=1S/C25H30N2O7/c1-17(5-4-6-23(29)27-31)18(2)24(19-7-11-22(12-8-19)33-16-15-28)34-25(30)26-20-9-13-21(32-3)14-10-20/h4-14,18,24,28,31H,15-16H2,1-3H3,(H,26,30)(H,27,29)/b6-4+,17-5+/t18-,24-/m1/s1. The summed E-state index contributed by atoms with van der Waals surface area (Å²) in [6.07, 6.45) is 3.09. The van der Waals surface area contributed by atoms with Gasteiger partial charge in [0.2, 0.25) is 0 Å². The molecule has 0 aliphatic rings. The molecule has 0 spiro atoms. The molecule has 0 heterocycles. The van der Waals surface area contributed by atoms with Crippen LogP contribution < -0.4 is 20.3 Å². The van der Waals surface area contributed by atoms with Gasteiger partial charge in [0.15, 0.2) is 0 Å². The van der Waals surface area contributed by atoms with E-state index in [2.05, 4.69) is 5.32 Å². The Bertz CT molecular complexity index is 985. The summed E-state index contributed by atoms with van der Waals surface area (Å²) >= 11 is 0. The van der Waals surface area contributed by atoms with Crippen molar-refractivity contribution in [2.45, 2.75) is 20.0 Å². The zero-order chi connectivity index (χ0) is 24.9. The van der Waals surface area contributed by atoms with Crippen LogP contribution in [-0.4, -0.2) is 42.6 Å². The molecule has 0 radical (unpaired) electrons. The Hall–Kier alpha value is -3.82. The fraction of sp³-hybridized carbons (Fsp3) is 0.280. The minimum Gasteiger partial charge on any atom is -0.497 e. The molecule has 2 atom stereocenters. The van der Waals surface area contributed by atoms with Crippen LogP contribution in [0.3, 0.4) is 0 Å². The Labute approximate surface area is 198 Å². The van der Waals surface area contributed by atoms with Crippen molar-refractivity contribution in [1.29, 1.82) is 0 Å². The number of benzene rings is 2. The van der Waals surface area contributed by atoms with Gasteiger partial charge in [0, 0.05) is 17.7 Å². The summed E-state index contributed by atoms with van der Waals surface area (Å²) < 4.78 is 16.3. The van der Waals surface area contributed by atoms with E-state index in [0.717, 1.165) is 11.1 Å². The molecule has 0 bridgehead atoms. The molecule has 2 rings (SSSR count). The fourth-order valence-corrected chi connectivity index (χ4v) is 3.03. The van der Waals surface area contributed by atoms with Crippen molar-refractivity contribution in [2.75, 3.05) is 25.6 Å². The zero-order valence-corrected chi connectivity index (χ0v) is 19.4. The van der Waals surface area contributed by atoms with Crippen LogP contribution in [0.2, 0.25) is 0 Å². The second-order valence-electron chi connectivity index (χ2n) is 7.36. The van der Waals surface area contributed by atoms with Crippen LogP contribution in [0.25, 0.3) is 0 Å². The van der Waals surface area contributed by atoms with E-state index in [-0.39, 0.29) is 19.1 Å². The molecular formula is C25H30N2O7. The first-order valence-corrected chi connectivity index (χ1v) is 10.6. The molecule has 0 unspecified atom stereocenters. The lowest BCUT2D eigenvalue weighted by atomic mass is 9.91. The van der Waals surface area contributed by atoms with Crippen molar-refractivity contribution in [2.24, 2.45) is 5.92 Å². The van der Waals surface area contributed by atoms with Crippen LogP contribution in [0, 0.1) is 5.92 Å². The van der Waals surface area contributed by atoms with Crippen molar-refractivity contribution >= 4 is 17.7 Å². The number of amides is 2. The summed E-state index contributed by atoms with van der Waals surface area (Å²) in [5, 5.41) is 20.2. The van der Waals surface area contributed by atoms with Gasteiger partial charge in [-0.15, -0.1) is 0 Å². The Morgan fingerprint density at radius 1 is 1.06 bits per heavy atom. The van der Waals surface area contributed by atoms with Crippen LogP contribution in [0.1, 0.15) is 25.5 Å². The molecule has 0 aliphatic heterocycles. The zero-order valence-electron chi connectivity index (χ0n) is 19.4. The SMILES string of the molecule is COc1ccc(NC(=O)O[C@@H](c2ccc(OCCO)cc2)[C@H](C)/C(C)=C/C=C/C(=O)NO)cc1. The Morgan fingerprint density at radius 2 is 1.71 bits per heavy atom. The predicted molar refractivity (Wildman–Crippen MR) is 127 cm³/mol. The molecule has 0 fully saturated rings. The van der Waals surface area contributed by atoms with E-state index in [0.29, 0.717) is 17.2 Å². The van der Waals surface area contributed by atoms with Crippen LogP contribution >= 0.6 is 0 Å². The van der Waals surface area contributed by atoms with Gasteiger partial charge >= 0.3 is 6.09 Å². The maximum Gasteiger partial charge on any atom is 0.412 e. The van der Waals surface area contributed by atoms with Crippen LogP contribution in [-0.2, 0) is 9.53 Å². The highest BCUT2D eigenvalue weighted by molar-refractivity contribution is 5.86. The number of anilines is 1. The van der Waals surface area contributed by atoms with E-state index in [4.69, 9.17) is 24.5 Å². The lowest BCUT2D eigenvalue weighted by Crippen LogP contribution is -2.22. The third-order valence-electron chi connectivity index (χ3n) is 5.03. The largest absolute Gasteiger partial charge is 0.497 e. The first kappa shape index (κ1) is 26.4. The third kappa shape index (κ3) is 8.27. The molecule has 0 saturated heterocycles. The molecule has 2 aromatic rings. The number of carbonyl (C=O) groups excluding carboxylic acids is 2. The third-order valence-corrected chi connectivity index (χ3v) is 5.03. The second kappa shape index (κ2) is 13.7. The number of allylic oxidation sites excluding steroid dienone is 2. The van der Waals surface area contributed by atoms with Crippen molar-refractivity contribution in [1.82, 2.24) is 5.48 Å². The molecule has 0 saturated carbocycles. The average molecular weight is 471 g/mol. The van der Waals surface area contributed by atoms with Crippen LogP contribution in [0.15, 0.2) is 72.3 Å². The lowest BCUT2D eigenvalue weighted by molar-refractivity contribution is -0.124. The maximum absolute atomic E-state index is 12.7. The highest BCUT2D eigenvalue weighted by atomic mass is 16.6. The molecule has 4 N–H and O–H groups in total. The number of rotatable bonds is 11. The average Bonchev–Trinajstić information content (AvgIpc) is 2.86. The van der Waals surface area contributed by atoms with Gasteiger partial charge in [-0.05, 0) is 48.9 Å². The summed E-state index contributed by atoms with van der Waals surface area (Å²) in [5.74, 6) is 0.337.